The highest BCUT2D eigenvalue weighted by Gasteiger charge is 2.11. The van der Waals surface area contributed by atoms with Crippen molar-refractivity contribution in [1.82, 2.24) is 15.2 Å². The summed E-state index contributed by atoms with van der Waals surface area (Å²) in [7, 11) is 1.62. The summed E-state index contributed by atoms with van der Waals surface area (Å²) >= 11 is 0. The second-order valence-electron chi connectivity index (χ2n) is 4.86. The van der Waals surface area contributed by atoms with Gasteiger partial charge < -0.3 is 19.9 Å². The Morgan fingerprint density at radius 3 is 2.90 bits per heavy atom. The molecule has 1 rings (SSSR count). The monoisotopic (exact) mass is 281 g/mol. The van der Waals surface area contributed by atoms with Gasteiger partial charge in [0.2, 0.25) is 5.91 Å². The van der Waals surface area contributed by atoms with E-state index in [1.54, 1.807) is 7.11 Å². The Balaban J connectivity index is 2.50. The van der Waals surface area contributed by atoms with E-state index in [2.05, 4.69) is 36.7 Å². The van der Waals surface area contributed by atoms with Crippen molar-refractivity contribution < 1.29 is 9.53 Å². The predicted octanol–water partition coefficient (Wildman–Crippen LogP) is 1.70. The van der Waals surface area contributed by atoms with Crippen LogP contribution in [0.5, 0.6) is 0 Å². The number of amides is 1. The summed E-state index contributed by atoms with van der Waals surface area (Å²) in [5.41, 5.74) is 1.25. The lowest BCUT2D eigenvalue weighted by molar-refractivity contribution is -0.121. The van der Waals surface area contributed by atoms with Gasteiger partial charge in [-0.2, -0.15) is 0 Å². The first-order chi connectivity index (χ1) is 9.71. The van der Waals surface area contributed by atoms with Crippen LogP contribution in [-0.4, -0.2) is 37.3 Å². The molecular weight excluding hydrogens is 254 g/mol. The number of methoxy groups -OCH3 is 1. The maximum absolute atomic E-state index is 11.7. The van der Waals surface area contributed by atoms with Gasteiger partial charge >= 0.3 is 0 Å². The second-order valence-corrected chi connectivity index (χ2v) is 4.86. The third kappa shape index (κ3) is 5.75. The molecule has 2 N–H and O–H groups in total. The minimum Gasteiger partial charge on any atom is -0.383 e. The van der Waals surface area contributed by atoms with E-state index in [1.165, 1.54) is 5.56 Å². The summed E-state index contributed by atoms with van der Waals surface area (Å²) in [6, 6.07) is 2.47. The first-order valence-corrected chi connectivity index (χ1v) is 7.35. The smallest absolute Gasteiger partial charge is 0.239 e. The van der Waals surface area contributed by atoms with Crippen molar-refractivity contribution in [3.63, 3.8) is 0 Å². The molecule has 1 atom stereocenters. The van der Waals surface area contributed by atoms with Crippen LogP contribution in [0.4, 0.5) is 0 Å². The van der Waals surface area contributed by atoms with E-state index in [4.69, 9.17) is 4.74 Å². The van der Waals surface area contributed by atoms with Crippen LogP contribution in [0.3, 0.4) is 0 Å². The number of hydrogen-bond donors (Lipinski definition) is 2. The highest BCUT2D eigenvalue weighted by atomic mass is 16.5. The van der Waals surface area contributed by atoms with Gasteiger partial charge in [0.05, 0.1) is 6.61 Å². The van der Waals surface area contributed by atoms with E-state index in [0.29, 0.717) is 25.7 Å². The molecule has 0 bridgehead atoms. The molecule has 0 saturated carbocycles. The summed E-state index contributed by atoms with van der Waals surface area (Å²) in [6.45, 7) is 6.70. The molecule has 5 heteroatoms. The fourth-order valence-corrected chi connectivity index (χ4v) is 2.20. The van der Waals surface area contributed by atoms with Gasteiger partial charge in [0.15, 0.2) is 0 Å². The standard InChI is InChI=1S/C15H27N3O2/c1-4-6-14(16-5-2)13-7-9-18(11-13)12-15(19)17-8-10-20-3/h7,9,11,14,16H,4-6,8,10,12H2,1-3H3,(H,17,19). The molecule has 114 valence electrons. The molecule has 5 nitrogen and oxygen atoms in total. The molecule has 0 aliphatic carbocycles. The molecule has 1 heterocycles. The molecule has 0 saturated heterocycles. The Morgan fingerprint density at radius 1 is 1.45 bits per heavy atom. The SMILES string of the molecule is CCCC(NCC)c1ccn(CC(=O)NCCOC)c1. The van der Waals surface area contributed by atoms with Crippen molar-refractivity contribution in [3.05, 3.63) is 24.0 Å². The van der Waals surface area contributed by atoms with E-state index < -0.39 is 0 Å². The van der Waals surface area contributed by atoms with Gasteiger partial charge in [0.1, 0.15) is 6.54 Å². The quantitative estimate of drug-likeness (QED) is 0.642. The van der Waals surface area contributed by atoms with Crippen molar-refractivity contribution in [2.45, 2.75) is 39.3 Å². The molecule has 0 spiro atoms. The topological polar surface area (TPSA) is 55.3 Å². The zero-order valence-electron chi connectivity index (χ0n) is 12.8. The van der Waals surface area contributed by atoms with Gasteiger partial charge in [-0.05, 0) is 24.6 Å². The summed E-state index contributed by atoms with van der Waals surface area (Å²) in [5.74, 6) is 0.0136. The molecule has 20 heavy (non-hydrogen) atoms. The van der Waals surface area contributed by atoms with E-state index in [0.717, 1.165) is 19.4 Å². The van der Waals surface area contributed by atoms with Crippen molar-refractivity contribution in [2.75, 3.05) is 26.8 Å². The molecule has 1 aromatic rings. The van der Waals surface area contributed by atoms with Crippen LogP contribution < -0.4 is 10.6 Å². The molecule has 0 radical (unpaired) electrons. The van der Waals surface area contributed by atoms with Crippen LogP contribution >= 0.6 is 0 Å². The molecule has 0 fully saturated rings. The maximum atomic E-state index is 11.7. The number of nitrogens with zero attached hydrogens (tertiary/aromatic N) is 1. The highest BCUT2D eigenvalue weighted by Crippen LogP contribution is 2.18. The van der Waals surface area contributed by atoms with Crippen molar-refractivity contribution in [1.29, 1.82) is 0 Å². The van der Waals surface area contributed by atoms with E-state index in [-0.39, 0.29) is 5.91 Å². The van der Waals surface area contributed by atoms with Crippen LogP contribution in [0, 0.1) is 0 Å². The Kier molecular flexibility index (Phi) is 7.99. The number of carbonyl (C=O) groups is 1. The molecule has 0 aliphatic rings. The molecule has 1 unspecified atom stereocenters. The van der Waals surface area contributed by atoms with Crippen molar-refractivity contribution in [2.24, 2.45) is 0 Å². The van der Waals surface area contributed by atoms with E-state index in [1.807, 2.05) is 10.8 Å². The fraction of sp³-hybridized carbons (Fsp3) is 0.667. The Hall–Kier alpha value is -1.33. The minimum atomic E-state index is 0.0136. The summed E-state index contributed by atoms with van der Waals surface area (Å²) in [6.07, 6.45) is 6.27. The third-order valence-electron chi connectivity index (χ3n) is 3.16. The predicted molar refractivity (Wildman–Crippen MR) is 80.6 cm³/mol. The number of rotatable bonds is 10. The second kappa shape index (κ2) is 9.55. The third-order valence-corrected chi connectivity index (χ3v) is 3.16. The molecule has 1 amide bonds. The normalized spacial score (nSPS) is 12.3. The first kappa shape index (κ1) is 16.7. The van der Waals surface area contributed by atoms with Gasteiger partial charge in [-0.25, -0.2) is 0 Å². The molecule has 0 aliphatic heterocycles. The van der Waals surface area contributed by atoms with Gasteiger partial charge in [-0.1, -0.05) is 20.3 Å². The minimum absolute atomic E-state index is 0.0136. The summed E-state index contributed by atoms with van der Waals surface area (Å²) in [5, 5.41) is 6.30. The summed E-state index contributed by atoms with van der Waals surface area (Å²) in [4.78, 5) is 11.7. The Labute approximate surface area is 121 Å². The maximum Gasteiger partial charge on any atom is 0.239 e. The number of nitrogens with one attached hydrogen (secondary N) is 2. The number of aromatic nitrogens is 1. The van der Waals surface area contributed by atoms with Gasteiger partial charge in [-0.15, -0.1) is 0 Å². The fourth-order valence-electron chi connectivity index (χ4n) is 2.20. The number of hydrogen-bond acceptors (Lipinski definition) is 3. The lowest BCUT2D eigenvalue weighted by Crippen LogP contribution is -2.30. The molecule has 0 aromatic carbocycles. The zero-order valence-corrected chi connectivity index (χ0v) is 12.8. The lowest BCUT2D eigenvalue weighted by Gasteiger charge is -2.15. The van der Waals surface area contributed by atoms with Gasteiger partial charge in [-0.3, -0.25) is 4.79 Å². The zero-order chi connectivity index (χ0) is 14.8. The largest absolute Gasteiger partial charge is 0.383 e. The van der Waals surface area contributed by atoms with Gasteiger partial charge in [0, 0.05) is 32.1 Å². The molecular formula is C15H27N3O2. The van der Waals surface area contributed by atoms with E-state index >= 15 is 0 Å². The summed E-state index contributed by atoms with van der Waals surface area (Å²) < 4.78 is 6.83. The Morgan fingerprint density at radius 2 is 2.25 bits per heavy atom. The van der Waals surface area contributed by atoms with Crippen molar-refractivity contribution >= 4 is 5.91 Å². The van der Waals surface area contributed by atoms with Crippen LogP contribution in [-0.2, 0) is 16.1 Å². The average Bonchev–Trinajstić information content (AvgIpc) is 2.87. The van der Waals surface area contributed by atoms with Gasteiger partial charge in [0.25, 0.3) is 0 Å². The number of carbonyl (C=O) groups excluding carboxylic acids is 1. The van der Waals surface area contributed by atoms with Crippen LogP contribution in [0.1, 0.15) is 38.3 Å². The average molecular weight is 281 g/mol. The number of ether oxygens (including phenoxy) is 1. The van der Waals surface area contributed by atoms with Crippen LogP contribution in [0.25, 0.3) is 0 Å². The highest BCUT2D eigenvalue weighted by molar-refractivity contribution is 5.75. The lowest BCUT2D eigenvalue weighted by atomic mass is 10.1. The Bertz CT molecular complexity index is 384. The van der Waals surface area contributed by atoms with E-state index in [9.17, 15) is 4.79 Å². The van der Waals surface area contributed by atoms with Crippen LogP contribution in [0.2, 0.25) is 0 Å². The first-order valence-electron chi connectivity index (χ1n) is 7.35. The molecule has 1 aromatic heterocycles. The van der Waals surface area contributed by atoms with Crippen molar-refractivity contribution in [3.8, 4) is 0 Å². The van der Waals surface area contributed by atoms with Crippen LogP contribution in [0.15, 0.2) is 18.5 Å².